The highest BCUT2D eigenvalue weighted by molar-refractivity contribution is 5.95. The summed E-state index contributed by atoms with van der Waals surface area (Å²) in [5, 5.41) is 3.01. The van der Waals surface area contributed by atoms with Crippen LogP contribution < -0.4 is 14.8 Å². The van der Waals surface area contributed by atoms with E-state index in [2.05, 4.69) is 54.7 Å². The molecule has 3 aromatic carbocycles. The van der Waals surface area contributed by atoms with E-state index >= 15 is 0 Å². The summed E-state index contributed by atoms with van der Waals surface area (Å²) in [7, 11) is 0. The van der Waals surface area contributed by atoms with Gasteiger partial charge in [0, 0.05) is 20.3 Å². The van der Waals surface area contributed by atoms with Gasteiger partial charge in [0.2, 0.25) is 12.7 Å². The molecule has 1 heterocycles. The highest BCUT2D eigenvalue weighted by Crippen LogP contribution is 2.51. The number of fused-ring (bicyclic) bond motifs is 1. The summed E-state index contributed by atoms with van der Waals surface area (Å²) < 4.78 is 11.0. The topological polar surface area (TPSA) is 64.6 Å². The van der Waals surface area contributed by atoms with Crippen molar-refractivity contribution in [2.45, 2.75) is 58.4 Å². The molecule has 1 amide bonds. The molecule has 5 nitrogen and oxygen atoms in total. The molecule has 0 aromatic heterocycles. The zero-order valence-corrected chi connectivity index (χ0v) is 21.2. The Labute approximate surface area is 214 Å². The Morgan fingerprint density at radius 1 is 0.972 bits per heavy atom. The first-order chi connectivity index (χ1) is 17.4. The summed E-state index contributed by atoms with van der Waals surface area (Å²) in [5.74, 6) is 1.84. The molecule has 36 heavy (non-hydrogen) atoms. The van der Waals surface area contributed by atoms with Crippen LogP contribution in [0.15, 0.2) is 60.7 Å². The van der Waals surface area contributed by atoms with E-state index in [-0.39, 0.29) is 25.8 Å². The Morgan fingerprint density at radius 3 is 2.42 bits per heavy atom. The minimum atomic E-state index is -0.409. The lowest BCUT2D eigenvalue weighted by Crippen LogP contribution is -2.28. The number of ketones is 1. The van der Waals surface area contributed by atoms with Gasteiger partial charge in [0.15, 0.2) is 11.5 Å². The maximum absolute atomic E-state index is 13.5. The van der Waals surface area contributed by atoms with E-state index in [1.807, 2.05) is 32.0 Å². The Balaban J connectivity index is 0.00000320. The van der Waals surface area contributed by atoms with Gasteiger partial charge in [-0.2, -0.15) is 0 Å². The van der Waals surface area contributed by atoms with Crippen molar-refractivity contribution in [3.05, 3.63) is 82.9 Å². The number of hydrogen-bond acceptors (Lipinski definition) is 4. The first kappa shape index (κ1) is 24.1. The Morgan fingerprint density at radius 2 is 1.69 bits per heavy atom. The number of nitrogens with one attached hydrogen (secondary N) is 1. The second-order valence-electron chi connectivity index (χ2n) is 10.1. The lowest BCUT2D eigenvalue weighted by molar-refractivity contribution is -0.124. The third-order valence-corrected chi connectivity index (χ3v) is 7.67. The molecule has 1 aliphatic heterocycles. The number of aryl methyl sites for hydroxylation is 1. The molecule has 0 bridgehead atoms. The van der Waals surface area contributed by atoms with Crippen molar-refractivity contribution in [3.63, 3.8) is 0 Å². The van der Waals surface area contributed by atoms with Gasteiger partial charge in [-0.3, -0.25) is 9.59 Å². The summed E-state index contributed by atoms with van der Waals surface area (Å²) in [6.45, 7) is 6.82. The Bertz CT molecular complexity index is 1300. The number of carbonyl (C=O) groups excluding carboxylic acids is 2. The number of benzene rings is 3. The first-order valence-electron chi connectivity index (χ1n) is 12.8. The maximum atomic E-state index is 13.5. The van der Waals surface area contributed by atoms with Crippen LogP contribution in [0.4, 0.5) is 0 Å². The lowest BCUT2D eigenvalue weighted by atomic mass is 9.87. The van der Waals surface area contributed by atoms with E-state index in [0.717, 1.165) is 58.6 Å². The van der Waals surface area contributed by atoms with Crippen molar-refractivity contribution in [2.75, 3.05) is 6.79 Å². The molecule has 1 atom stereocenters. The summed E-state index contributed by atoms with van der Waals surface area (Å²) in [5.41, 5.74) is 6.12. The zero-order valence-electron chi connectivity index (χ0n) is 21.2. The standard InChI is InChI=1S/C31H33NO4.H2/c1-4-20(2)30(34)32-18-22-7-9-24(10-8-22)26-15-23(6-5-21(26)3)16-29(33)31(13-14-31)25-11-12-27-28(17-25)36-19-35-27;/h5-12,15,17,20H,4,13-14,16,18-19H2,1-3H3,(H,32,34);1H. The number of ether oxygens (including phenoxy) is 2. The second kappa shape index (κ2) is 9.81. The smallest absolute Gasteiger partial charge is 0.231 e. The summed E-state index contributed by atoms with van der Waals surface area (Å²) in [6.07, 6.45) is 2.99. The van der Waals surface area contributed by atoms with Crippen LogP contribution in [0.1, 0.15) is 56.8 Å². The number of amides is 1. The average Bonchev–Trinajstić information content (AvgIpc) is 3.59. The zero-order chi connectivity index (χ0) is 25.3. The number of carbonyl (C=O) groups is 2. The largest absolute Gasteiger partial charge is 0.454 e. The number of Topliss-reactive ketones (excluding diaryl/α,β-unsaturated/α-hetero) is 1. The van der Waals surface area contributed by atoms with Crippen LogP contribution >= 0.6 is 0 Å². The quantitative estimate of drug-likeness (QED) is 0.395. The van der Waals surface area contributed by atoms with Gasteiger partial charge < -0.3 is 14.8 Å². The average molecular weight is 486 g/mol. The molecular formula is C31H35NO4. The molecule has 1 N–H and O–H groups in total. The fourth-order valence-electron chi connectivity index (χ4n) is 4.84. The van der Waals surface area contributed by atoms with Crippen LogP contribution in [-0.4, -0.2) is 18.5 Å². The normalized spacial score (nSPS) is 15.9. The van der Waals surface area contributed by atoms with Crippen molar-refractivity contribution in [1.29, 1.82) is 0 Å². The van der Waals surface area contributed by atoms with Crippen molar-refractivity contribution < 1.29 is 20.5 Å². The second-order valence-corrected chi connectivity index (χ2v) is 10.1. The first-order valence-corrected chi connectivity index (χ1v) is 12.8. The molecule has 1 aliphatic carbocycles. The van der Waals surface area contributed by atoms with Crippen LogP contribution in [-0.2, 0) is 28.0 Å². The molecule has 0 spiro atoms. The molecule has 1 saturated carbocycles. The van der Waals surface area contributed by atoms with Gasteiger partial charge >= 0.3 is 0 Å². The summed E-state index contributed by atoms with van der Waals surface area (Å²) >= 11 is 0. The van der Waals surface area contributed by atoms with Crippen molar-refractivity contribution >= 4 is 11.7 Å². The number of hydrogen-bond donors (Lipinski definition) is 1. The molecule has 5 heteroatoms. The van der Waals surface area contributed by atoms with Crippen LogP contribution in [0, 0.1) is 12.8 Å². The van der Waals surface area contributed by atoms with Crippen molar-refractivity contribution in [1.82, 2.24) is 5.32 Å². The van der Waals surface area contributed by atoms with E-state index < -0.39 is 5.41 Å². The molecule has 2 aliphatic rings. The third kappa shape index (κ3) is 4.75. The van der Waals surface area contributed by atoms with Crippen molar-refractivity contribution in [3.8, 4) is 22.6 Å². The minimum Gasteiger partial charge on any atom is -0.454 e. The molecule has 1 unspecified atom stereocenters. The fraction of sp³-hybridized carbons (Fsp3) is 0.355. The molecule has 0 radical (unpaired) electrons. The van der Waals surface area contributed by atoms with Crippen LogP contribution in [0.2, 0.25) is 0 Å². The highest BCUT2D eigenvalue weighted by Gasteiger charge is 2.50. The summed E-state index contributed by atoms with van der Waals surface area (Å²) in [6, 6.07) is 20.5. The van der Waals surface area contributed by atoms with Gasteiger partial charge in [-0.25, -0.2) is 0 Å². The maximum Gasteiger partial charge on any atom is 0.231 e. The van der Waals surface area contributed by atoms with Crippen molar-refractivity contribution in [2.24, 2.45) is 5.92 Å². The van der Waals surface area contributed by atoms with E-state index in [1.165, 1.54) is 5.56 Å². The van der Waals surface area contributed by atoms with Gasteiger partial charge in [-0.1, -0.05) is 62.4 Å². The predicted octanol–water partition coefficient (Wildman–Crippen LogP) is 6.14. The molecule has 0 saturated heterocycles. The van der Waals surface area contributed by atoms with Crippen LogP contribution in [0.25, 0.3) is 11.1 Å². The fourth-order valence-corrected chi connectivity index (χ4v) is 4.84. The molecule has 5 rings (SSSR count). The van der Waals surface area contributed by atoms with E-state index in [9.17, 15) is 9.59 Å². The van der Waals surface area contributed by atoms with Gasteiger partial charge in [-0.15, -0.1) is 0 Å². The van der Waals surface area contributed by atoms with Gasteiger partial charge in [-0.05, 0) is 71.7 Å². The van der Waals surface area contributed by atoms with E-state index in [4.69, 9.17) is 9.47 Å². The lowest BCUT2D eigenvalue weighted by Gasteiger charge is -2.16. The van der Waals surface area contributed by atoms with E-state index in [0.29, 0.717) is 13.0 Å². The molecular weight excluding hydrogens is 450 g/mol. The van der Waals surface area contributed by atoms with Gasteiger partial charge in [0.05, 0.1) is 5.41 Å². The molecule has 1 fully saturated rings. The minimum absolute atomic E-state index is 0. The molecule has 188 valence electrons. The van der Waals surface area contributed by atoms with Crippen LogP contribution in [0.5, 0.6) is 11.5 Å². The van der Waals surface area contributed by atoms with Gasteiger partial charge in [0.1, 0.15) is 5.78 Å². The van der Waals surface area contributed by atoms with Gasteiger partial charge in [0.25, 0.3) is 0 Å². The summed E-state index contributed by atoms with van der Waals surface area (Å²) in [4.78, 5) is 25.5. The number of rotatable bonds is 9. The monoisotopic (exact) mass is 485 g/mol. The third-order valence-electron chi connectivity index (χ3n) is 7.67. The molecule has 3 aromatic rings. The van der Waals surface area contributed by atoms with E-state index in [1.54, 1.807) is 0 Å². The SMILES string of the molecule is CCC(C)C(=O)NCc1ccc(-c2cc(CC(=O)C3(c4ccc5c(c4)OCO5)CC3)ccc2C)cc1.[HH]. The highest BCUT2D eigenvalue weighted by atomic mass is 16.7. The van der Waals surface area contributed by atoms with Crippen LogP contribution in [0.3, 0.4) is 0 Å². The Kier molecular flexibility index (Phi) is 6.57. The predicted molar refractivity (Wildman–Crippen MR) is 142 cm³/mol. The Hall–Kier alpha value is -3.60.